The molecule has 2 aromatic heterocycles. The maximum absolute atomic E-state index is 4.76. The van der Waals surface area contributed by atoms with Crippen LogP contribution in [0, 0.1) is 5.92 Å². The van der Waals surface area contributed by atoms with Crippen LogP contribution in [0.15, 0.2) is 18.6 Å². The van der Waals surface area contributed by atoms with Crippen molar-refractivity contribution < 1.29 is 0 Å². The summed E-state index contributed by atoms with van der Waals surface area (Å²) < 4.78 is 0. The highest BCUT2D eigenvalue weighted by Gasteiger charge is 2.18. The van der Waals surface area contributed by atoms with E-state index in [4.69, 9.17) is 4.98 Å². The summed E-state index contributed by atoms with van der Waals surface area (Å²) in [5.74, 6) is 0.633. The molecule has 2 aromatic rings. The first-order valence-electron chi connectivity index (χ1n) is 7.23. The standard InChI is InChI=1S/C15H20N4S/c1-10(2)6-15-18-9-14(20-15)13-8-16-7-12(19-13)11-4-3-5-17-11/h7-11,17H,3-6H2,1-2H3/t11-/m1/s1. The van der Waals surface area contributed by atoms with Crippen molar-refractivity contribution in [2.24, 2.45) is 5.92 Å². The van der Waals surface area contributed by atoms with Crippen molar-refractivity contribution in [2.75, 3.05) is 6.54 Å². The molecule has 0 aromatic carbocycles. The van der Waals surface area contributed by atoms with E-state index in [1.165, 1.54) is 11.4 Å². The molecule has 20 heavy (non-hydrogen) atoms. The quantitative estimate of drug-likeness (QED) is 0.938. The highest BCUT2D eigenvalue weighted by Crippen LogP contribution is 2.27. The summed E-state index contributed by atoms with van der Waals surface area (Å²) in [6.45, 7) is 5.51. The Labute approximate surface area is 123 Å². The zero-order valence-electron chi connectivity index (χ0n) is 12.0. The fourth-order valence-electron chi connectivity index (χ4n) is 2.48. The third kappa shape index (κ3) is 3.04. The molecular formula is C15H20N4S. The Hall–Kier alpha value is -1.33. The minimum absolute atomic E-state index is 0.366. The van der Waals surface area contributed by atoms with Crippen LogP contribution < -0.4 is 5.32 Å². The summed E-state index contributed by atoms with van der Waals surface area (Å²) in [5.41, 5.74) is 2.00. The molecule has 3 rings (SSSR count). The van der Waals surface area contributed by atoms with E-state index < -0.39 is 0 Å². The molecule has 3 heterocycles. The third-order valence-electron chi connectivity index (χ3n) is 3.46. The number of hydrogen-bond donors (Lipinski definition) is 1. The normalized spacial score (nSPS) is 18.9. The van der Waals surface area contributed by atoms with Crippen LogP contribution in [0.1, 0.15) is 43.4 Å². The zero-order valence-corrected chi connectivity index (χ0v) is 12.8. The predicted molar refractivity (Wildman–Crippen MR) is 81.7 cm³/mol. The zero-order chi connectivity index (χ0) is 13.9. The van der Waals surface area contributed by atoms with E-state index in [-0.39, 0.29) is 0 Å². The lowest BCUT2D eigenvalue weighted by Gasteiger charge is -2.09. The summed E-state index contributed by atoms with van der Waals surface area (Å²) in [5, 5.41) is 4.65. The summed E-state index contributed by atoms with van der Waals surface area (Å²) in [7, 11) is 0. The van der Waals surface area contributed by atoms with E-state index >= 15 is 0 Å². The van der Waals surface area contributed by atoms with Crippen LogP contribution in [0.5, 0.6) is 0 Å². The number of thiazole rings is 1. The second-order valence-corrected chi connectivity index (χ2v) is 6.81. The summed E-state index contributed by atoms with van der Waals surface area (Å²) in [6.07, 6.45) is 9.04. The molecule has 0 aliphatic carbocycles. The second-order valence-electron chi connectivity index (χ2n) is 5.69. The summed E-state index contributed by atoms with van der Waals surface area (Å²) >= 11 is 1.73. The maximum atomic E-state index is 4.76. The topological polar surface area (TPSA) is 50.7 Å². The lowest BCUT2D eigenvalue weighted by atomic mass is 10.1. The maximum Gasteiger partial charge on any atom is 0.100 e. The van der Waals surface area contributed by atoms with Gasteiger partial charge in [-0.15, -0.1) is 11.3 Å². The molecule has 0 bridgehead atoms. The fraction of sp³-hybridized carbons (Fsp3) is 0.533. The lowest BCUT2D eigenvalue weighted by Crippen LogP contribution is -2.14. The molecule has 106 valence electrons. The molecule has 1 N–H and O–H groups in total. The predicted octanol–water partition coefficient (Wildman–Crippen LogP) is 3.22. The molecule has 1 atom stereocenters. The van der Waals surface area contributed by atoms with E-state index in [1.807, 2.05) is 18.6 Å². The van der Waals surface area contributed by atoms with Gasteiger partial charge in [-0.2, -0.15) is 0 Å². The van der Waals surface area contributed by atoms with Gasteiger partial charge in [0, 0.05) is 12.6 Å². The molecule has 1 saturated heterocycles. The van der Waals surface area contributed by atoms with Gasteiger partial charge in [-0.05, 0) is 25.3 Å². The number of aromatic nitrogens is 3. The van der Waals surface area contributed by atoms with Crippen LogP contribution in [-0.4, -0.2) is 21.5 Å². The number of hydrogen-bond acceptors (Lipinski definition) is 5. The van der Waals surface area contributed by atoms with Crippen LogP contribution in [-0.2, 0) is 6.42 Å². The van der Waals surface area contributed by atoms with Gasteiger partial charge in [0.2, 0.25) is 0 Å². The molecule has 0 amide bonds. The minimum Gasteiger partial charge on any atom is -0.309 e. The first-order valence-corrected chi connectivity index (χ1v) is 8.04. The van der Waals surface area contributed by atoms with Crippen LogP contribution in [0.25, 0.3) is 10.6 Å². The van der Waals surface area contributed by atoms with Crippen LogP contribution >= 0.6 is 11.3 Å². The Kier molecular flexibility index (Phi) is 4.08. The molecular weight excluding hydrogens is 268 g/mol. The van der Waals surface area contributed by atoms with Crippen molar-refractivity contribution >= 4 is 11.3 Å². The Balaban J connectivity index is 1.82. The summed E-state index contributed by atoms with van der Waals surface area (Å²) in [4.78, 5) is 14.7. The van der Waals surface area contributed by atoms with Crippen molar-refractivity contribution in [3.63, 3.8) is 0 Å². The van der Waals surface area contributed by atoms with Gasteiger partial charge < -0.3 is 5.32 Å². The van der Waals surface area contributed by atoms with E-state index in [9.17, 15) is 0 Å². The Morgan fingerprint density at radius 1 is 1.35 bits per heavy atom. The van der Waals surface area contributed by atoms with Crippen LogP contribution in [0.4, 0.5) is 0 Å². The third-order valence-corrected chi connectivity index (χ3v) is 4.50. The number of rotatable bonds is 4. The van der Waals surface area contributed by atoms with Crippen molar-refractivity contribution in [3.05, 3.63) is 29.3 Å². The number of nitrogens with zero attached hydrogens (tertiary/aromatic N) is 3. The van der Waals surface area contributed by atoms with Crippen molar-refractivity contribution in [3.8, 4) is 10.6 Å². The minimum atomic E-state index is 0.366. The molecule has 1 fully saturated rings. The Bertz CT molecular complexity index is 573. The van der Waals surface area contributed by atoms with Crippen molar-refractivity contribution in [1.82, 2.24) is 20.3 Å². The van der Waals surface area contributed by atoms with E-state index in [1.54, 1.807) is 11.3 Å². The van der Waals surface area contributed by atoms with E-state index in [0.717, 1.165) is 35.7 Å². The molecule has 5 heteroatoms. The monoisotopic (exact) mass is 288 g/mol. The molecule has 1 aliphatic heterocycles. The molecule has 0 unspecified atom stereocenters. The average molecular weight is 288 g/mol. The largest absolute Gasteiger partial charge is 0.309 e. The van der Waals surface area contributed by atoms with Crippen molar-refractivity contribution in [2.45, 2.75) is 39.2 Å². The van der Waals surface area contributed by atoms with Crippen molar-refractivity contribution in [1.29, 1.82) is 0 Å². The van der Waals surface area contributed by atoms with Gasteiger partial charge in [0.1, 0.15) is 5.69 Å². The van der Waals surface area contributed by atoms with Crippen LogP contribution in [0.3, 0.4) is 0 Å². The fourth-order valence-corrected chi connectivity index (χ4v) is 3.56. The molecule has 0 saturated carbocycles. The first kappa shape index (κ1) is 13.6. The second kappa shape index (κ2) is 5.97. The molecule has 1 aliphatic rings. The molecule has 4 nitrogen and oxygen atoms in total. The number of nitrogens with one attached hydrogen (secondary N) is 1. The SMILES string of the molecule is CC(C)Cc1ncc(-c2cncc([C@H]3CCCN3)n2)s1. The van der Waals surface area contributed by atoms with Gasteiger partial charge in [0.15, 0.2) is 0 Å². The van der Waals surface area contributed by atoms with Gasteiger partial charge in [-0.25, -0.2) is 9.97 Å². The lowest BCUT2D eigenvalue weighted by molar-refractivity contribution is 0.625. The average Bonchev–Trinajstić information content (AvgIpc) is 3.09. The molecule has 0 radical (unpaired) electrons. The van der Waals surface area contributed by atoms with E-state index in [2.05, 4.69) is 29.1 Å². The van der Waals surface area contributed by atoms with Gasteiger partial charge in [-0.1, -0.05) is 13.8 Å². The van der Waals surface area contributed by atoms with Gasteiger partial charge in [0.25, 0.3) is 0 Å². The first-order chi connectivity index (χ1) is 9.72. The Morgan fingerprint density at radius 2 is 2.25 bits per heavy atom. The Morgan fingerprint density at radius 3 is 3.00 bits per heavy atom. The van der Waals surface area contributed by atoms with E-state index in [0.29, 0.717) is 12.0 Å². The summed E-state index contributed by atoms with van der Waals surface area (Å²) in [6, 6.07) is 0.366. The van der Waals surface area contributed by atoms with Crippen LogP contribution in [0.2, 0.25) is 0 Å². The van der Waals surface area contributed by atoms with Gasteiger partial charge in [0.05, 0.1) is 34.0 Å². The van der Waals surface area contributed by atoms with Gasteiger partial charge in [-0.3, -0.25) is 4.98 Å². The molecule has 0 spiro atoms. The highest BCUT2D eigenvalue weighted by atomic mass is 32.1. The van der Waals surface area contributed by atoms with Gasteiger partial charge >= 0.3 is 0 Å². The highest BCUT2D eigenvalue weighted by molar-refractivity contribution is 7.15. The smallest absolute Gasteiger partial charge is 0.100 e.